The van der Waals surface area contributed by atoms with Gasteiger partial charge in [0.05, 0.1) is 0 Å². The number of aliphatic hydroxyl groups excluding tert-OH is 1. The highest BCUT2D eigenvalue weighted by Crippen LogP contribution is 2.18. The molecular formula is C34H60N2O4. The van der Waals surface area contributed by atoms with Gasteiger partial charge in [0.25, 0.3) is 0 Å². The van der Waals surface area contributed by atoms with E-state index < -0.39 is 0 Å². The first-order valence-electron chi connectivity index (χ1n) is 14.4. The van der Waals surface area contributed by atoms with Crippen LogP contribution < -0.4 is 5.32 Å². The Morgan fingerprint density at radius 1 is 1.00 bits per heavy atom. The van der Waals surface area contributed by atoms with Gasteiger partial charge < -0.3 is 19.6 Å². The Morgan fingerprint density at radius 3 is 1.90 bits per heavy atom. The van der Waals surface area contributed by atoms with E-state index in [-0.39, 0.29) is 0 Å². The summed E-state index contributed by atoms with van der Waals surface area (Å²) >= 11 is 0. The highest BCUT2D eigenvalue weighted by atomic mass is 16.3. The fourth-order valence-electron chi connectivity index (χ4n) is 3.53. The molecule has 1 heterocycles. The van der Waals surface area contributed by atoms with Gasteiger partial charge in [-0.05, 0) is 71.7 Å². The maximum Gasteiger partial charge on any atom is 0.206 e. The molecule has 2 rings (SSSR count). The first-order valence-corrected chi connectivity index (χ1v) is 14.4. The molecule has 1 aliphatic rings. The standard InChI is InChI=1S/C22H31NO.C6H12.C2H5NO.C2H6.CH4O.CH2O/c1-6-9-20(11-7-10-18(2)3)15-16-21(23-5)12-8-13-22-17-14-19(4)24-22;1-2-4-6-5-3-1;1-3-2-4;3*1-2/h6,10-12,14,17H,1,5,7-9,13,15-16H2,2-4H3;1-6H2;2H,1H3,(H,3,4);1-2H3;2H,1H3;1H2/b20-11+,21-12-;;;;;. The number of rotatable bonds is 12. The SMILES string of the molecule is C1CCCCC1.C=CC/C(=C\CC=C(C)C)CC/C(=C/CCc1ccc(C)o1)N=C.C=O.CC.CNC=O.CO. The maximum atomic E-state index is 9.06. The number of aryl methyl sites for hydroxylation is 2. The van der Waals surface area contributed by atoms with Gasteiger partial charge in [-0.15, -0.1) is 6.58 Å². The minimum atomic E-state index is 0.625. The lowest BCUT2D eigenvalue weighted by Crippen LogP contribution is -1.98. The Morgan fingerprint density at radius 2 is 1.52 bits per heavy atom. The quantitative estimate of drug-likeness (QED) is 0.152. The van der Waals surface area contributed by atoms with Crippen molar-refractivity contribution in [1.29, 1.82) is 0 Å². The number of allylic oxidation sites excluding steroid dienone is 7. The second kappa shape index (κ2) is 38.2. The van der Waals surface area contributed by atoms with Gasteiger partial charge in [-0.25, -0.2) is 0 Å². The van der Waals surface area contributed by atoms with Crippen molar-refractivity contribution >= 4 is 19.9 Å². The first-order chi connectivity index (χ1) is 19.5. The van der Waals surface area contributed by atoms with E-state index in [0.717, 1.165) is 62.9 Å². The Balaban J connectivity index is -0.000000331. The van der Waals surface area contributed by atoms with Crippen LogP contribution in [-0.4, -0.2) is 39.2 Å². The van der Waals surface area contributed by atoms with Gasteiger partial charge in [0.1, 0.15) is 18.3 Å². The predicted molar refractivity (Wildman–Crippen MR) is 175 cm³/mol. The minimum Gasteiger partial charge on any atom is -0.466 e. The number of aliphatic imine (C=N–C) groups is 1. The molecule has 6 heteroatoms. The molecule has 1 saturated carbocycles. The van der Waals surface area contributed by atoms with Gasteiger partial charge in [0.15, 0.2) is 0 Å². The molecule has 0 aliphatic heterocycles. The second-order valence-corrected chi connectivity index (χ2v) is 8.80. The zero-order valence-electron chi connectivity index (χ0n) is 26.8. The smallest absolute Gasteiger partial charge is 0.206 e. The third-order valence-corrected chi connectivity index (χ3v) is 5.43. The largest absolute Gasteiger partial charge is 0.466 e. The van der Waals surface area contributed by atoms with Gasteiger partial charge in [-0.1, -0.05) is 87.8 Å². The normalized spacial score (nSPS) is 11.8. The number of furan rings is 1. The molecule has 0 spiro atoms. The Labute approximate surface area is 246 Å². The number of hydrogen-bond acceptors (Lipinski definition) is 5. The van der Waals surface area contributed by atoms with Gasteiger partial charge in [0, 0.05) is 26.3 Å². The Hall–Kier alpha value is -2.99. The van der Waals surface area contributed by atoms with Crippen LogP contribution in [0, 0.1) is 6.92 Å². The number of carbonyl (C=O) groups is 2. The zero-order valence-corrected chi connectivity index (χ0v) is 26.8. The van der Waals surface area contributed by atoms with E-state index in [1.807, 2.05) is 45.8 Å². The molecule has 1 aromatic rings. The average molecular weight is 561 g/mol. The highest BCUT2D eigenvalue weighted by molar-refractivity contribution is 5.44. The third-order valence-electron chi connectivity index (χ3n) is 5.43. The molecule has 2 N–H and O–H groups in total. The summed E-state index contributed by atoms with van der Waals surface area (Å²) in [6, 6.07) is 4.04. The van der Waals surface area contributed by atoms with Crippen LogP contribution in [0.25, 0.3) is 0 Å². The fraction of sp³-hybridized carbons (Fsp3) is 0.559. The molecule has 40 heavy (non-hydrogen) atoms. The number of hydrogen-bond donors (Lipinski definition) is 2. The van der Waals surface area contributed by atoms with E-state index in [2.05, 4.69) is 55.7 Å². The van der Waals surface area contributed by atoms with E-state index in [4.69, 9.17) is 19.1 Å². The van der Waals surface area contributed by atoms with Crippen LogP contribution in [0.15, 0.2) is 69.3 Å². The summed E-state index contributed by atoms with van der Waals surface area (Å²) in [6.45, 7) is 19.8. The molecule has 6 nitrogen and oxygen atoms in total. The second-order valence-electron chi connectivity index (χ2n) is 8.80. The third kappa shape index (κ3) is 33.0. The number of carbonyl (C=O) groups excluding carboxylic acids is 2. The molecule has 0 aromatic carbocycles. The Kier molecular flexibility index (Phi) is 42.0. The Bertz CT molecular complexity index is 772. The van der Waals surface area contributed by atoms with Crippen LogP contribution in [0.2, 0.25) is 0 Å². The van der Waals surface area contributed by atoms with Gasteiger partial charge >= 0.3 is 0 Å². The van der Waals surface area contributed by atoms with Crippen LogP contribution in [0.3, 0.4) is 0 Å². The van der Waals surface area contributed by atoms with Crippen molar-refractivity contribution in [3.05, 3.63) is 71.4 Å². The van der Waals surface area contributed by atoms with Crippen molar-refractivity contribution in [2.75, 3.05) is 14.2 Å². The molecular weight excluding hydrogens is 500 g/mol. The van der Waals surface area contributed by atoms with Crippen LogP contribution in [-0.2, 0) is 16.0 Å². The zero-order chi connectivity index (χ0) is 31.4. The molecule has 0 saturated heterocycles. The van der Waals surface area contributed by atoms with Crippen LogP contribution in [0.1, 0.15) is 110 Å². The first kappa shape index (κ1) is 44.0. The molecule has 0 atom stereocenters. The summed E-state index contributed by atoms with van der Waals surface area (Å²) in [5.74, 6) is 1.99. The maximum absolute atomic E-state index is 9.06. The average Bonchev–Trinajstić information content (AvgIpc) is 3.43. The van der Waals surface area contributed by atoms with Gasteiger partial charge in [-0.3, -0.25) is 9.79 Å². The van der Waals surface area contributed by atoms with Crippen LogP contribution in [0.4, 0.5) is 0 Å². The van der Waals surface area contributed by atoms with E-state index in [1.165, 1.54) is 49.7 Å². The fourth-order valence-corrected chi connectivity index (χ4v) is 3.53. The van der Waals surface area contributed by atoms with Crippen molar-refractivity contribution in [3.63, 3.8) is 0 Å². The lowest BCUT2D eigenvalue weighted by Gasteiger charge is -2.06. The number of nitrogens with one attached hydrogen (secondary N) is 1. The topological polar surface area (TPSA) is 91.9 Å². The van der Waals surface area contributed by atoms with Crippen molar-refractivity contribution in [1.82, 2.24) is 5.32 Å². The van der Waals surface area contributed by atoms with E-state index in [9.17, 15) is 0 Å². The van der Waals surface area contributed by atoms with Crippen molar-refractivity contribution in [2.45, 2.75) is 112 Å². The van der Waals surface area contributed by atoms with E-state index in [0.29, 0.717) is 6.41 Å². The summed E-state index contributed by atoms with van der Waals surface area (Å²) < 4.78 is 5.59. The van der Waals surface area contributed by atoms with E-state index in [1.54, 1.807) is 7.05 Å². The van der Waals surface area contributed by atoms with Crippen LogP contribution >= 0.6 is 0 Å². The lowest BCUT2D eigenvalue weighted by atomic mass is 10.0. The molecule has 1 amide bonds. The highest BCUT2D eigenvalue weighted by Gasteiger charge is 2.01. The summed E-state index contributed by atoms with van der Waals surface area (Å²) in [4.78, 5) is 21.2. The molecule has 0 unspecified atom stereocenters. The molecule has 1 aromatic heterocycles. The van der Waals surface area contributed by atoms with E-state index >= 15 is 0 Å². The number of aliphatic hydroxyl groups is 1. The molecule has 230 valence electrons. The molecule has 0 radical (unpaired) electrons. The van der Waals surface area contributed by atoms with Crippen molar-refractivity contribution in [2.24, 2.45) is 4.99 Å². The summed E-state index contributed by atoms with van der Waals surface area (Å²) in [5.41, 5.74) is 3.83. The predicted octanol–water partition coefficient (Wildman–Crippen LogP) is 8.90. The van der Waals surface area contributed by atoms with Crippen molar-refractivity contribution < 1.29 is 19.1 Å². The number of nitrogens with zero attached hydrogens (tertiary/aromatic N) is 1. The monoisotopic (exact) mass is 560 g/mol. The number of amides is 1. The molecule has 0 bridgehead atoms. The van der Waals surface area contributed by atoms with Gasteiger partial charge in [-0.2, -0.15) is 0 Å². The van der Waals surface area contributed by atoms with Gasteiger partial charge in [0.2, 0.25) is 6.41 Å². The van der Waals surface area contributed by atoms with Crippen molar-refractivity contribution in [3.8, 4) is 0 Å². The van der Waals surface area contributed by atoms with Crippen LogP contribution in [0.5, 0.6) is 0 Å². The minimum absolute atomic E-state index is 0.625. The summed E-state index contributed by atoms with van der Waals surface area (Å²) in [6.07, 6.45) is 24.0. The lowest BCUT2D eigenvalue weighted by molar-refractivity contribution is -0.109. The summed E-state index contributed by atoms with van der Waals surface area (Å²) in [7, 11) is 2.56. The summed E-state index contributed by atoms with van der Waals surface area (Å²) in [5, 5.41) is 9.25. The molecule has 1 fully saturated rings. The molecule has 1 aliphatic carbocycles.